The Bertz CT molecular complexity index is 1260. The van der Waals surface area contributed by atoms with Crippen LogP contribution in [-0.2, 0) is 17.8 Å². The maximum Gasteiger partial charge on any atom is 0.270 e. The van der Waals surface area contributed by atoms with Crippen molar-refractivity contribution in [1.82, 2.24) is 20.1 Å². The molecule has 0 bridgehead atoms. The number of carbonyl (C=O) groups is 2. The largest absolute Gasteiger partial charge is 0.341 e. The number of aryl methyl sites for hydroxylation is 1. The summed E-state index contributed by atoms with van der Waals surface area (Å²) in [5.41, 5.74) is 0.361. The Morgan fingerprint density at radius 1 is 1.15 bits per heavy atom. The lowest BCUT2D eigenvalue weighted by molar-refractivity contribution is -0.384. The summed E-state index contributed by atoms with van der Waals surface area (Å²) in [6, 6.07) is 8.45. The topological polar surface area (TPSA) is 132 Å². The Morgan fingerprint density at radius 2 is 1.97 bits per heavy atom. The van der Waals surface area contributed by atoms with Crippen LogP contribution in [0.3, 0.4) is 0 Å². The molecule has 1 aliphatic rings. The van der Waals surface area contributed by atoms with Gasteiger partial charge in [0.15, 0.2) is 5.82 Å². The van der Waals surface area contributed by atoms with Gasteiger partial charge in [-0.2, -0.15) is 0 Å². The summed E-state index contributed by atoms with van der Waals surface area (Å²) in [4.78, 5) is 35.4. The molecule has 176 valence electrons. The van der Waals surface area contributed by atoms with Gasteiger partial charge in [-0.25, -0.2) is 4.39 Å². The molecule has 1 aliphatic heterocycles. The predicted octanol–water partition coefficient (Wildman–Crippen LogP) is 3.48. The number of nitro benzene ring substituents is 1. The number of nitrogens with one attached hydrogen (secondary N) is 2. The Morgan fingerprint density at radius 3 is 2.76 bits per heavy atom. The van der Waals surface area contributed by atoms with Gasteiger partial charge in [-0.1, -0.05) is 12.5 Å². The average molecular weight is 466 g/mol. The van der Waals surface area contributed by atoms with Crippen LogP contribution in [-0.4, -0.2) is 37.5 Å². The van der Waals surface area contributed by atoms with Gasteiger partial charge in [0.05, 0.1) is 10.6 Å². The van der Waals surface area contributed by atoms with Crippen LogP contribution in [0.15, 0.2) is 42.5 Å². The van der Waals surface area contributed by atoms with Crippen LogP contribution in [0.5, 0.6) is 0 Å². The zero-order chi connectivity index (χ0) is 24.2. The lowest BCUT2D eigenvalue weighted by Crippen LogP contribution is -2.41. The first-order chi connectivity index (χ1) is 16.3. The molecule has 4 rings (SSSR count). The summed E-state index contributed by atoms with van der Waals surface area (Å²) in [6.07, 6.45) is 3.99. The number of aromatic nitrogens is 3. The van der Waals surface area contributed by atoms with E-state index in [1.54, 1.807) is 6.07 Å². The first-order valence-corrected chi connectivity index (χ1v) is 10.9. The first kappa shape index (κ1) is 23.0. The predicted molar refractivity (Wildman–Crippen MR) is 122 cm³/mol. The van der Waals surface area contributed by atoms with Crippen molar-refractivity contribution in [3.63, 3.8) is 0 Å². The number of benzene rings is 2. The third-order valence-corrected chi connectivity index (χ3v) is 5.65. The number of non-ortho nitro benzene ring substituents is 1. The molecule has 1 atom stereocenters. The zero-order valence-electron chi connectivity index (χ0n) is 18.5. The summed E-state index contributed by atoms with van der Waals surface area (Å²) in [7, 11) is 0. The summed E-state index contributed by atoms with van der Waals surface area (Å²) < 4.78 is 16.5. The molecular weight excluding hydrogens is 443 g/mol. The maximum atomic E-state index is 14.5. The number of nitrogens with zero attached hydrogens (tertiary/aromatic N) is 4. The average Bonchev–Trinajstić information content (AvgIpc) is 3.08. The van der Waals surface area contributed by atoms with Crippen molar-refractivity contribution in [2.75, 3.05) is 5.32 Å². The highest BCUT2D eigenvalue weighted by molar-refractivity contribution is 6.01. The molecule has 10 nitrogen and oxygen atoms in total. The van der Waals surface area contributed by atoms with Crippen LogP contribution >= 0.6 is 0 Å². The fourth-order valence-corrected chi connectivity index (χ4v) is 3.81. The van der Waals surface area contributed by atoms with E-state index in [-0.39, 0.29) is 16.9 Å². The normalized spacial score (nSPS) is 13.9. The van der Waals surface area contributed by atoms with Gasteiger partial charge in [0, 0.05) is 36.2 Å². The zero-order valence-corrected chi connectivity index (χ0v) is 18.5. The fraction of sp³-hybridized carbons (Fsp3) is 0.304. The number of halogens is 1. The molecule has 0 radical (unpaired) electrons. The summed E-state index contributed by atoms with van der Waals surface area (Å²) in [6.45, 7) is 2.21. The molecule has 0 saturated heterocycles. The minimum absolute atomic E-state index is 0.0366. The third kappa shape index (κ3) is 4.92. The molecule has 3 aromatic rings. The van der Waals surface area contributed by atoms with E-state index in [4.69, 9.17) is 0 Å². The number of carbonyl (C=O) groups excluding carboxylic acids is 2. The van der Waals surface area contributed by atoms with Crippen molar-refractivity contribution >= 4 is 23.2 Å². The van der Waals surface area contributed by atoms with Gasteiger partial charge in [-0.15, -0.1) is 10.2 Å². The molecule has 0 aliphatic carbocycles. The lowest BCUT2D eigenvalue weighted by atomic mass is 10.1. The van der Waals surface area contributed by atoms with Gasteiger partial charge in [-0.3, -0.25) is 19.7 Å². The molecule has 34 heavy (non-hydrogen) atoms. The van der Waals surface area contributed by atoms with Crippen molar-refractivity contribution in [2.24, 2.45) is 0 Å². The fourth-order valence-electron chi connectivity index (χ4n) is 3.81. The van der Waals surface area contributed by atoms with Crippen molar-refractivity contribution < 1.29 is 18.9 Å². The van der Waals surface area contributed by atoms with E-state index in [1.807, 2.05) is 4.57 Å². The first-order valence-electron chi connectivity index (χ1n) is 10.9. The van der Waals surface area contributed by atoms with E-state index in [0.29, 0.717) is 11.4 Å². The third-order valence-electron chi connectivity index (χ3n) is 5.65. The molecular formula is C23H23FN6O4. The second kappa shape index (κ2) is 9.77. The van der Waals surface area contributed by atoms with Gasteiger partial charge in [-0.05, 0) is 44.0 Å². The summed E-state index contributed by atoms with van der Waals surface area (Å²) in [5.74, 6) is -0.439. The minimum atomic E-state index is -1.03. The number of hydrogen-bond donors (Lipinski definition) is 2. The molecule has 11 heteroatoms. The minimum Gasteiger partial charge on any atom is -0.341 e. The summed E-state index contributed by atoms with van der Waals surface area (Å²) in [5, 5.41) is 24.4. The van der Waals surface area contributed by atoms with E-state index in [9.17, 15) is 24.1 Å². The highest BCUT2D eigenvalue weighted by Crippen LogP contribution is 2.26. The maximum absolute atomic E-state index is 14.5. The Hall–Kier alpha value is -4.15. The molecule has 2 amide bonds. The Kier molecular flexibility index (Phi) is 6.62. The number of anilines is 1. The summed E-state index contributed by atoms with van der Waals surface area (Å²) >= 11 is 0. The van der Waals surface area contributed by atoms with Crippen LogP contribution < -0.4 is 10.6 Å². The van der Waals surface area contributed by atoms with Crippen LogP contribution in [0.2, 0.25) is 0 Å². The second-order valence-corrected chi connectivity index (χ2v) is 8.09. The molecule has 0 fully saturated rings. The van der Waals surface area contributed by atoms with Crippen molar-refractivity contribution in [1.29, 1.82) is 0 Å². The number of nitro groups is 1. The number of fused-ring (bicyclic) bond motifs is 1. The molecule has 2 N–H and O–H groups in total. The van der Waals surface area contributed by atoms with Gasteiger partial charge in [0.25, 0.3) is 11.6 Å². The van der Waals surface area contributed by atoms with Crippen molar-refractivity contribution in [2.45, 2.75) is 45.2 Å². The van der Waals surface area contributed by atoms with E-state index in [1.165, 1.54) is 37.3 Å². The van der Waals surface area contributed by atoms with E-state index in [2.05, 4.69) is 20.8 Å². The smallest absolute Gasteiger partial charge is 0.270 e. The van der Waals surface area contributed by atoms with E-state index in [0.717, 1.165) is 44.1 Å². The number of amides is 2. The molecule has 2 aromatic carbocycles. The van der Waals surface area contributed by atoms with Crippen LogP contribution in [0.25, 0.3) is 11.4 Å². The monoisotopic (exact) mass is 466 g/mol. The SMILES string of the molecule is CC(NC(=O)c1cccc([N+](=O)[O-])c1)C(=O)Nc1cc(-c2nnc3n2CCCCC3)ccc1F. The van der Waals surface area contributed by atoms with Gasteiger partial charge in [0.2, 0.25) is 5.91 Å². The molecule has 2 heterocycles. The number of rotatable bonds is 6. The molecule has 0 saturated carbocycles. The number of hydrogen-bond acceptors (Lipinski definition) is 6. The highest BCUT2D eigenvalue weighted by atomic mass is 19.1. The lowest BCUT2D eigenvalue weighted by Gasteiger charge is -2.15. The van der Waals surface area contributed by atoms with E-state index < -0.39 is 28.6 Å². The highest BCUT2D eigenvalue weighted by Gasteiger charge is 2.21. The van der Waals surface area contributed by atoms with E-state index >= 15 is 0 Å². The quantitative estimate of drug-likeness (QED) is 0.422. The molecule has 1 aromatic heterocycles. The van der Waals surface area contributed by atoms with Gasteiger partial charge < -0.3 is 15.2 Å². The van der Waals surface area contributed by atoms with Crippen molar-refractivity contribution in [3.8, 4) is 11.4 Å². The second-order valence-electron chi connectivity index (χ2n) is 8.09. The van der Waals surface area contributed by atoms with Crippen molar-refractivity contribution in [3.05, 3.63) is 69.8 Å². The Balaban J connectivity index is 1.48. The van der Waals surface area contributed by atoms with Gasteiger partial charge >= 0.3 is 0 Å². The van der Waals surface area contributed by atoms with Crippen LogP contribution in [0.4, 0.5) is 15.8 Å². The standard InChI is InChI=1S/C23H23FN6O4/c1-14(25-23(32)16-6-5-7-17(12-16)30(33)34)22(31)26-19-13-15(9-10-18(19)24)21-28-27-20-8-3-2-4-11-29(20)21/h5-7,9-10,12-14H,2-4,8,11H2,1H3,(H,25,32)(H,26,31). The Labute approximate surface area is 194 Å². The van der Waals surface area contributed by atoms with Crippen LogP contribution in [0.1, 0.15) is 42.4 Å². The van der Waals surface area contributed by atoms with Gasteiger partial charge in [0.1, 0.15) is 17.7 Å². The molecule has 0 spiro atoms. The molecule has 1 unspecified atom stereocenters. The van der Waals surface area contributed by atoms with Crippen LogP contribution in [0, 0.1) is 15.9 Å².